The van der Waals surface area contributed by atoms with Crippen LogP contribution in [0.2, 0.25) is 0 Å². The Labute approximate surface area is 149 Å². The summed E-state index contributed by atoms with van der Waals surface area (Å²) in [6.45, 7) is 0.228. The highest BCUT2D eigenvalue weighted by Gasteiger charge is 2.53. The summed E-state index contributed by atoms with van der Waals surface area (Å²) < 4.78 is 14.7. The number of benzene rings is 2. The maximum Gasteiger partial charge on any atom is 0.258 e. The molecule has 130 valence electrons. The van der Waals surface area contributed by atoms with E-state index in [-0.39, 0.29) is 18.2 Å². The fourth-order valence-electron chi connectivity index (χ4n) is 4.53. The number of carbonyl (C=O) groups excluding carboxylic acids is 2. The molecule has 5 rings (SSSR count). The van der Waals surface area contributed by atoms with E-state index < -0.39 is 11.2 Å². The largest absolute Gasteiger partial charge is 0.361 e. The number of Topliss-reactive ketones (excluding diaryl/α,β-unsaturated/α-hetero) is 1. The number of aromatic nitrogens is 1. The quantitative estimate of drug-likeness (QED) is 0.724. The molecule has 2 aliphatic rings. The average Bonchev–Trinajstić information content (AvgIpc) is 3.33. The van der Waals surface area contributed by atoms with Gasteiger partial charge in [0.1, 0.15) is 11.6 Å². The number of hydrogen-bond acceptors (Lipinski definition) is 2. The summed E-state index contributed by atoms with van der Waals surface area (Å²) in [4.78, 5) is 30.5. The SMILES string of the molecule is O=C(c1ccc2[nH]ccc2c1)N1CC2(CCCC2=O)c2c(F)cccc21. The molecule has 1 atom stereocenters. The summed E-state index contributed by atoms with van der Waals surface area (Å²) in [6.07, 6.45) is 3.61. The van der Waals surface area contributed by atoms with E-state index in [0.717, 1.165) is 17.3 Å². The van der Waals surface area contributed by atoms with E-state index in [4.69, 9.17) is 0 Å². The topological polar surface area (TPSA) is 53.2 Å². The van der Waals surface area contributed by atoms with Gasteiger partial charge in [0.05, 0.1) is 11.1 Å². The number of hydrogen-bond donors (Lipinski definition) is 1. The van der Waals surface area contributed by atoms with Crippen LogP contribution < -0.4 is 4.90 Å². The molecule has 3 aromatic rings. The fraction of sp³-hybridized carbons (Fsp3) is 0.238. The van der Waals surface area contributed by atoms with Crippen molar-refractivity contribution in [1.29, 1.82) is 0 Å². The first-order valence-corrected chi connectivity index (χ1v) is 8.81. The number of nitrogens with one attached hydrogen (secondary N) is 1. The number of carbonyl (C=O) groups is 2. The minimum atomic E-state index is -0.880. The van der Waals surface area contributed by atoms with Crippen LogP contribution in [0.25, 0.3) is 10.9 Å². The summed E-state index contributed by atoms with van der Waals surface area (Å²) in [5.74, 6) is -0.550. The third kappa shape index (κ3) is 1.94. The van der Waals surface area contributed by atoms with Gasteiger partial charge < -0.3 is 9.88 Å². The van der Waals surface area contributed by atoms with Crippen molar-refractivity contribution in [3.8, 4) is 0 Å². The van der Waals surface area contributed by atoms with Crippen LogP contribution in [0.5, 0.6) is 0 Å². The van der Waals surface area contributed by atoms with Crippen LogP contribution in [-0.4, -0.2) is 23.2 Å². The van der Waals surface area contributed by atoms with Crippen molar-refractivity contribution < 1.29 is 14.0 Å². The molecule has 1 N–H and O–H groups in total. The standard InChI is InChI=1S/C21H17FN2O2/c22-15-3-1-4-17-19(15)21(9-2-5-18(21)25)12-24(17)20(26)14-6-7-16-13(11-14)8-10-23-16/h1,3-4,6-8,10-11,23H,2,5,9,12H2. The molecule has 0 saturated heterocycles. The Hall–Kier alpha value is -2.95. The van der Waals surface area contributed by atoms with Crippen molar-refractivity contribution in [1.82, 2.24) is 4.98 Å². The van der Waals surface area contributed by atoms with E-state index in [1.807, 2.05) is 24.4 Å². The van der Waals surface area contributed by atoms with E-state index in [1.54, 1.807) is 23.1 Å². The lowest BCUT2D eigenvalue weighted by atomic mass is 9.79. The van der Waals surface area contributed by atoms with Gasteiger partial charge in [-0.1, -0.05) is 6.07 Å². The normalized spacial score (nSPS) is 21.7. The minimum Gasteiger partial charge on any atom is -0.361 e. The molecule has 1 aliphatic heterocycles. The van der Waals surface area contributed by atoms with Gasteiger partial charge in [0.2, 0.25) is 0 Å². The van der Waals surface area contributed by atoms with Gasteiger partial charge >= 0.3 is 0 Å². The average molecular weight is 348 g/mol. The van der Waals surface area contributed by atoms with Crippen molar-refractivity contribution in [3.63, 3.8) is 0 Å². The Balaban J connectivity index is 1.63. The summed E-state index contributed by atoms with van der Waals surface area (Å²) in [5, 5.41) is 0.946. The van der Waals surface area contributed by atoms with Crippen LogP contribution in [0.4, 0.5) is 10.1 Å². The minimum absolute atomic E-state index is 0.0419. The van der Waals surface area contributed by atoms with Gasteiger partial charge in [-0.2, -0.15) is 0 Å². The highest BCUT2D eigenvalue weighted by molar-refractivity contribution is 6.11. The van der Waals surface area contributed by atoms with Gasteiger partial charge in [0.25, 0.3) is 5.91 Å². The van der Waals surface area contributed by atoms with Crippen molar-refractivity contribution in [3.05, 3.63) is 65.6 Å². The number of amides is 1. The molecule has 1 unspecified atom stereocenters. The maximum absolute atomic E-state index is 14.7. The first-order valence-electron chi connectivity index (χ1n) is 8.81. The number of H-pyrrole nitrogens is 1. The molecule has 0 radical (unpaired) electrons. The summed E-state index contributed by atoms with van der Waals surface area (Å²) >= 11 is 0. The summed E-state index contributed by atoms with van der Waals surface area (Å²) in [6, 6.07) is 12.1. The van der Waals surface area contributed by atoms with Crippen LogP contribution in [0, 0.1) is 5.82 Å². The van der Waals surface area contributed by atoms with Crippen molar-refractivity contribution in [2.45, 2.75) is 24.7 Å². The molecular formula is C21H17FN2O2. The molecule has 1 aliphatic carbocycles. The zero-order valence-electron chi connectivity index (χ0n) is 14.1. The zero-order valence-corrected chi connectivity index (χ0v) is 14.1. The number of fused-ring (bicyclic) bond motifs is 3. The number of nitrogens with zero attached hydrogens (tertiary/aromatic N) is 1. The molecule has 1 aromatic heterocycles. The molecule has 2 heterocycles. The third-order valence-electron chi connectivity index (χ3n) is 5.78. The molecule has 5 heteroatoms. The van der Waals surface area contributed by atoms with E-state index in [0.29, 0.717) is 29.7 Å². The number of ketones is 1. The van der Waals surface area contributed by atoms with Gasteiger partial charge in [-0.25, -0.2) is 4.39 Å². The number of halogens is 1. The van der Waals surface area contributed by atoms with E-state index >= 15 is 0 Å². The predicted octanol–water partition coefficient (Wildman–Crippen LogP) is 3.96. The van der Waals surface area contributed by atoms with E-state index in [1.165, 1.54) is 6.07 Å². The van der Waals surface area contributed by atoms with Crippen LogP contribution >= 0.6 is 0 Å². The molecule has 1 spiro atoms. The van der Waals surface area contributed by atoms with Gasteiger partial charge in [-0.15, -0.1) is 0 Å². The Morgan fingerprint density at radius 2 is 2.08 bits per heavy atom. The molecule has 1 fully saturated rings. The maximum atomic E-state index is 14.7. The second-order valence-corrected chi connectivity index (χ2v) is 7.16. The molecule has 4 nitrogen and oxygen atoms in total. The lowest BCUT2D eigenvalue weighted by molar-refractivity contribution is -0.121. The molecule has 2 aromatic carbocycles. The Morgan fingerprint density at radius 1 is 1.19 bits per heavy atom. The van der Waals surface area contributed by atoms with Crippen molar-refractivity contribution in [2.75, 3.05) is 11.4 Å². The third-order valence-corrected chi connectivity index (χ3v) is 5.78. The molecule has 0 bridgehead atoms. The first-order chi connectivity index (χ1) is 12.6. The van der Waals surface area contributed by atoms with Crippen molar-refractivity contribution >= 4 is 28.3 Å². The summed E-state index contributed by atoms with van der Waals surface area (Å²) in [5.41, 5.74) is 1.54. The second-order valence-electron chi connectivity index (χ2n) is 7.16. The lowest BCUT2D eigenvalue weighted by Crippen LogP contribution is -2.39. The van der Waals surface area contributed by atoms with Gasteiger partial charge in [-0.05, 0) is 49.2 Å². The smallest absolute Gasteiger partial charge is 0.258 e. The molecule has 26 heavy (non-hydrogen) atoms. The van der Waals surface area contributed by atoms with Gasteiger partial charge in [-0.3, -0.25) is 9.59 Å². The number of aromatic amines is 1. The Kier molecular flexibility index (Phi) is 3.11. The lowest BCUT2D eigenvalue weighted by Gasteiger charge is -2.23. The highest BCUT2D eigenvalue weighted by atomic mass is 19.1. The van der Waals surface area contributed by atoms with Crippen molar-refractivity contribution in [2.24, 2.45) is 0 Å². The molecule has 1 amide bonds. The second kappa shape index (κ2) is 5.27. The Bertz CT molecular complexity index is 1070. The van der Waals surface area contributed by atoms with Gasteiger partial charge in [0.15, 0.2) is 0 Å². The number of rotatable bonds is 1. The number of anilines is 1. The van der Waals surface area contributed by atoms with E-state index in [2.05, 4.69) is 4.98 Å². The van der Waals surface area contributed by atoms with Crippen LogP contribution in [0.15, 0.2) is 48.7 Å². The van der Waals surface area contributed by atoms with E-state index in [9.17, 15) is 14.0 Å². The predicted molar refractivity (Wildman–Crippen MR) is 96.9 cm³/mol. The van der Waals surface area contributed by atoms with Crippen LogP contribution in [-0.2, 0) is 10.2 Å². The Morgan fingerprint density at radius 3 is 2.88 bits per heavy atom. The van der Waals surface area contributed by atoms with Crippen LogP contribution in [0.3, 0.4) is 0 Å². The summed E-state index contributed by atoms with van der Waals surface area (Å²) in [7, 11) is 0. The molecule has 1 saturated carbocycles. The highest BCUT2D eigenvalue weighted by Crippen LogP contribution is 2.49. The fourth-order valence-corrected chi connectivity index (χ4v) is 4.53. The van der Waals surface area contributed by atoms with Crippen LogP contribution in [0.1, 0.15) is 35.2 Å². The molecular weight excluding hydrogens is 331 g/mol. The van der Waals surface area contributed by atoms with Gasteiger partial charge in [0, 0.05) is 41.2 Å². The monoisotopic (exact) mass is 348 g/mol. The first kappa shape index (κ1) is 15.3. The zero-order chi connectivity index (χ0) is 17.9.